The first-order chi connectivity index (χ1) is 12.0. The number of hydrogen-bond donors (Lipinski definition) is 3. The number of fused-ring (bicyclic) bond motifs is 1. The monoisotopic (exact) mass is 336 g/mol. The molecule has 0 aromatic heterocycles. The second-order valence-electron chi connectivity index (χ2n) is 5.20. The van der Waals surface area contributed by atoms with E-state index in [1.165, 1.54) is 12.1 Å². The van der Waals surface area contributed by atoms with Crippen LogP contribution < -0.4 is 0 Å². The first-order valence-corrected chi connectivity index (χ1v) is 7.20. The minimum absolute atomic E-state index is 0.110. The summed E-state index contributed by atoms with van der Waals surface area (Å²) in [5.74, 6) is -2.58. The number of carbonyl (C=O) groups is 2. The molecular formula is C18H12N2O5. The lowest BCUT2D eigenvalue weighted by molar-refractivity contribution is 0.0682. The molecule has 0 amide bonds. The maximum atomic E-state index is 11.3. The maximum Gasteiger partial charge on any atom is 0.337 e. The Morgan fingerprint density at radius 3 is 2.32 bits per heavy atom. The minimum atomic E-state index is -1.26. The number of nitrogens with zero attached hydrogens (tertiary/aromatic N) is 2. The fourth-order valence-electron chi connectivity index (χ4n) is 2.38. The average Bonchev–Trinajstić information content (AvgIpc) is 2.60. The summed E-state index contributed by atoms with van der Waals surface area (Å²) >= 11 is 0. The number of benzene rings is 3. The molecule has 124 valence electrons. The van der Waals surface area contributed by atoms with E-state index in [0.717, 1.165) is 17.5 Å². The van der Waals surface area contributed by atoms with Crippen LogP contribution in [0.25, 0.3) is 10.8 Å². The van der Waals surface area contributed by atoms with Gasteiger partial charge in [-0.2, -0.15) is 0 Å². The standard InChI is InChI=1S/C18H12N2O5/c21-15-8-6-10-3-1-2-4-12(10)16(15)20-19-14-9-11(17(22)23)5-7-13(14)18(24)25/h1-9,21H,(H,22,23)(H,24,25). The fourth-order valence-corrected chi connectivity index (χ4v) is 2.38. The number of phenolic OH excluding ortho intramolecular Hbond substituents is 1. The summed E-state index contributed by atoms with van der Waals surface area (Å²) in [6, 6.07) is 13.8. The Labute approximate surface area is 141 Å². The second-order valence-corrected chi connectivity index (χ2v) is 5.20. The van der Waals surface area contributed by atoms with E-state index in [2.05, 4.69) is 10.2 Å². The molecule has 0 bridgehead atoms. The largest absolute Gasteiger partial charge is 0.506 e. The minimum Gasteiger partial charge on any atom is -0.506 e. The van der Waals surface area contributed by atoms with Crippen LogP contribution in [-0.2, 0) is 0 Å². The Bertz CT molecular complexity index is 1030. The molecule has 0 spiro atoms. The summed E-state index contributed by atoms with van der Waals surface area (Å²) in [5, 5.41) is 37.6. The Hall–Kier alpha value is -3.74. The predicted octanol–water partition coefficient (Wildman–Crippen LogP) is 4.36. The molecule has 0 radical (unpaired) electrons. The molecule has 0 saturated carbocycles. The van der Waals surface area contributed by atoms with Crippen LogP contribution in [0.5, 0.6) is 5.75 Å². The molecule has 0 fully saturated rings. The van der Waals surface area contributed by atoms with Crippen molar-refractivity contribution in [1.29, 1.82) is 0 Å². The molecule has 3 rings (SSSR count). The summed E-state index contributed by atoms with van der Waals surface area (Å²) in [4.78, 5) is 22.4. The van der Waals surface area contributed by atoms with E-state index in [4.69, 9.17) is 5.11 Å². The van der Waals surface area contributed by atoms with Crippen molar-refractivity contribution in [3.05, 3.63) is 65.7 Å². The summed E-state index contributed by atoms with van der Waals surface area (Å²) < 4.78 is 0. The van der Waals surface area contributed by atoms with Crippen LogP contribution in [0, 0.1) is 0 Å². The predicted molar refractivity (Wildman–Crippen MR) is 90.1 cm³/mol. The first-order valence-electron chi connectivity index (χ1n) is 7.20. The van der Waals surface area contributed by atoms with Crippen molar-refractivity contribution in [3.63, 3.8) is 0 Å². The average molecular weight is 336 g/mol. The van der Waals surface area contributed by atoms with Crippen molar-refractivity contribution in [2.75, 3.05) is 0 Å². The van der Waals surface area contributed by atoms with Gasteiger partial charge in [0.2, 0.25) is 0 Å². The Morgan fingerprint density at radius 2 is 1.60 bits per heavy atom. The van der Waals surface area contributed by atoms with Crippen molar-refractivity contribution in [2.45, 2.75) is 0 Å². The molecule has 3 aromatic rings. The smallest absolute Gasteiger partial charge is 0.337 e. The van der Waals surface area contributed by atoms with E-state index in [0.29, 0.717) is 5.39 Å². The summed E-state index contributed by atoms with van der Waals surface area (Å²) in [6.45, 7) is 0. The molecule has 7 nitrogen and oxygen atoms in total. The van der Waals surface area contributed by atoms with Crippen LogP contribution in [0.2, 0.25) is 0 Å². The highest BCUT2D eigenvalue weighted by atomic mass is 16.4. The Kier molecular flexibility index (Phi) is 4.13. The molecule has 0 heterocycles. The van der Waals surface area contributed by atoms with E-state index in [1.807, 2.05) is 12.1 Å². The van der Waals surface area contributed by atoms with E-state index in [1.54, 1.807) is 18.2 Å². The lowest BCUT2D eigenvalue weighted by Crippen LogP contribution is -2.00. The number of rotatable bonds is 4. The molecule has 25 heavy (non-hydrogen) atoms. The fraction of sp³-hybridized carbons (Fsp3) is 0. The third-order valence-corrected chi connectivity index (χ3v) is 3.61. The zero-order valence-corrected chi connectivity index (χ0v) is 12.7. The summed E-state index contributed by atoms with van der Waals surface area (Å²) in [5.41, 5.74) is -0.232. The normalized spacial score (nSPS) is 11.0. The topological polar surface area (TPSA) is 120 Å². The van der Waals surface area contributed by atoms with Gasteiger partial charge in [0.1, 0.15) is 17.1 Å². The van der Waals surface area contributed by atoms with Gasteiger partial charge in [-0.3, -0.25) is 0 Å². The van der Waals surface area contributed by atoms with Crippen LogP contribution in [0.4, 0.5) is 11.4 Å². The SMILES string of the molecule is O=C(O)c1ccc(C(=O)O)c(N=Nc2c(O)ccc3ccccc23)c1. The molecule has 0 unspecified atom stereocenters. The van der Waals surface area contributed by atoms with Gasteiger partial charge < -0.3 is 15.3 Å². The second kappa shape index (κ2) is 6.40. The number of aromatic hydroxyl groups is 1. The zero-order valence-electron chi connectivity index (χ0n) is 12.7. The van der Waals surface area contributed by atoms with Crippen LogP contribution in [0.3, 0.4) is 0 Å². The maximum absolute atomic E-state index is 11.3. The van der Waals surface area contributed by atoms with Gasteiger partial charge in [-0.05, 0) is 29.7 Å². The van der Waals surface area contributed by atoms with E-state index >= 15 is 0 Å². The highest BCUT2D eigenvalue weighted by molar-refractivity contribution is 5.97. The summed E-state index contributed by atoms with van der Waals surface area (Å²) in [7, 11) is 0. The number of hydrogen-bond acceptors (Lipinski definition) is 5. The Balaban J connectivity index is 2.14. The highest BCUT2D eigenvalue weighted by Crippen LogP contribution is 2.36. The first kappa shape index (κ1) is 16.1. The molecule has 0 aliphatic carbocycles. The van der Waals surface area contributed by atoms with E-state index in [-0.39, 0.29) is 28.3 Å². The van der Waals surface area contributed by atoms with Crippen molar-refractivity contribution >= 4 is 34.1 Å². The Morgan fingerprint density at radius 1 is 0.840 bits per heavy atom. The van der Waals surface area contributed by atoms with Crippen LogP contribution >= 0.6 is 0 Å². The number of phenols is 1. The van der Waals surface area contributed by atoms with Crippen molar-refractivity contribution in [2.24, 2.45) is 10.2 Å². The van der Waals surface area contributed by atoms with Gasteiger partial charge in [-0.25, -0.2) is 9.59 Å². The van der Waals surface area contributed by atoms with Gasteiger partial charge in [-0.1, -0.05) is 30.3 Å². The van der Waals surface area contributed by atoms with Gasteiger partial charge in [-0.15, -0.1) is 10.2 Å². The van der Waals surface area contributed by atoms with Crippen molar-refractivity contribution in [1.82, 2.24) is 0 Å². The van der Waals surface area contributed by atoms with E-state index in [9.17, 15) is 19.8 Å². The number of carboxylic acids is 2. The molecule has 3 aromatic carbocycles. The van der Waals surface area contributed by atoms with Gasteiger partial charge in [0.15, 0.2) is 0 Å². The number of aromatic carboxylic acids is 2. The highest BCUT2D eigenvalue weighted by Gasteiger charge is 2.14. The lowest BCUT2D eigenvalue weighted by Gasteiger charge is -2.05. The van der Waals surface area contributed by atoms with Gasteiger partial charge in [0, 0.05) is 5.39 Å². The molecule has 3 N–H and O–H groups in total. The van der Waals surface area contributed by atoms with Crippen molar-refractivity contribution in [3.8, 4) is 5.75 Å². The quantitative estimate of drug-likeness (QED) is 0.612. The molecule has 0 atom stereocenters. The van der Waals surface area contributed by atoms with Gasteiger partial charge in [0.25, 0.3) is 0 Å². The van der Waals surface area contributed by atoms with Gasteiger partial charge >= 0.3 is 11.9 Å². The summed E-state index contributed by atoms with van der Waals surface area (Å²) in [6.07, 6.45) is 0. The molecule has 0 saturated heterocycles. The molecule has 0 aliphatic rings. The van der Waals surface area contributed by atoms with Crippen LogP contribution in [0.15, 0.2) is 64.8 Å². The zero-order chi connectivity index (χ0) is 18.0. The van der Waals surface area contributed by atoms with Crippen LogP contribution in [0.1, 0.15) is 20.7 Å². The number of azo groups is 1. The molecule has 7 heteroatoms. The van der Waals surface area contributed by atoms with Crippen molar-refractivity contribution < 1.29 is 24.9 Å². The van der Waals surface area contributed by atoms with Crippen LogP contribution in [-0.4, -0.2) is 27.3 Å². The van der Waals surface area contributed by atoms with E-state index < -0.39 is 11.9 Å². The third-order valence-electron chi connectivity index (χ3n) is 3.61. The lowest BCUT2D eigenvalue weighted by atomic mass is 10.1. The van der Waals surface area contributed by atoms with Gasteiger partial charge in [0.05, 0.1) is 11.1 Å². The molecular weight excluding hydrogens is 324 g/mol. The molecule has 0 aliphatic heterocycles. The number of carboxylic acid groups (broad SMARTS) is 2. The third kappa shape index (κ3) is 3.16.